The Bertz CT molecular complexity index is 895. The molecule has 9 heteroatoms. The number of anilines is 2. The lowest BCUT2D eigenvalue weighted by Crippen LogP contribution is -2.52. The Morgan fingerprint density at radius 3 is 2.30 bits per heavy atom. The van der Waals surface area contributed by atoms with Gasteiger partial charge in [-0.15, -0.1) is 0 Å². The fourth-order valence-electron chi connectivity index (χ4n) is 3.47. The molecule has 0 radical (unpaired) electrons. The summed E-state index contributed by atoms with van der Waals surface area (Å²) >= 11 is 0. The molecule has 0 aliphatic carbocycles. The summed E-state index contributed by atoms with van der Waals surface area (Å²) in [6.07, 6.45) is 0. The van der Waals surface area contributed by atoms with Gasteiger partial charge in [0.05, 0.1) is 30.9 Å². The third-order valence-electron chi connectivity index (χ3n) is 5.33. The number of nitrogens with one attached hydrogen (secondary N) is 1. The molecule has 1 aliphatic rings. The summed E-state index contributed by atoms with van der Waals surface area (Å²) in [7, 11) is 3.10. The second-order valence-electron chi connectivity index (χ2n) is 7.03. The second-order valence-corrected chi connectivity index (χ2v) is 7.03. The van der Waals surface area contributed by atoms with Crippen LogP contribution in [-0.2, 0) is 4.79 Å². The van der Waals surface area contributed by atoms with Crippen LogP contribution in [0.15, 0.2) is 42.5 Å². The molecule has 1 fully saturated rings. The van der Waals surface area contributed by atoms with E-state index < -0.39 is 4.92 Å². The first-order valence-corrected chi connectivity index (χ1v) is 9.69. The van der Waals surface area contributed by atoms with Crippen LogP contribution >= 0.6 is 0 Å². The van der Waals surface area contributed by atoms with E-state index in [2.05, 4.69) is 15.1 Å². The highest BCUT2D eigenvalue weighted by atomic mass is 16.6. The Morgan fingerprint density at radius 2 is 1.73 bits per heavy atom. The summed E-state index contributed by atoms with van der Waals surface area (Å²) in [5.41, 5.74) is 1.31. The normalized spacial score (nSPS) is 15.4. The van der Waals surface area contributed by atoms with Gasteiger partial charge in [0.15, 0.2) is 0 Å². The molecule has 0 bridgehead atoms. The quantitative estimate of drug-likeness (QED) is 0.550. The number of ether oxygens (including phenoxy) is 2. The molecule has 2 aromatic rings. The number of non-ortho nitro benzene ring substituents is 1. The van der Waals surface area contributed by atoms with Crippen molar-refractivity contribution in [1.29, 1.82) is 0 Å². The first kappa shape index (κ1) is 21.4. The van der Waals surface area contributed by atoms with E-state index in [9.17, 15) is 14.9 Å². The summed E-state index contributed by atoms with van der Waals surface area (Å²) < 4.78 is 10.4. The average Bonchev–Trinajstić information content (AvgIpc) is 2.78. The summed E-state index contributed by atoms with van der Waals surface area (Å²) in [5, 5.41) is 13.8. The number of benzene rings is 2. The molecule has 9 nitrogen and oxygen atoms in total. The highest BCUT2D eigenvalue weighted by molar-refractivity contribution is 5.96. The fraction of sp³-hybridized carbons (Fsp3) is 0.381. The van der Waals surface area contributed by atoms with E-state index in [1.165, 1.54) is 25.3 Å². The van der Waals surface area contributed by atoms with Crippen LogP contribution in [0.2, 0.25) is 0 Å². The maximum Gasteiger partial charge on any atom is 0.271 e. The number of nitro groups is 1. The molecule has 2 aromatic carbocycles. The van der Waals surface area contributed by atoms with Crippen molar-refractivity contribution in [2.24, 2.45) is 0 Å². The Morgan fingerprint density at radius 1 is 1.07 bits per heavy atom. The maximum absolute atomic E-state index is 12.8. The van der Waals surface area contributed by atoms with Crippen LogP contribution in [0.1, 0.15) is 6.92 Å². The molecular formula is C21H26N4O5. The molecule has 3 rings (SSSR count). The number of carbonyl (C=O) groups is 1. The number of rotatable bonds is 7. The topological polar surface area (TPSA) is 97.2 Å². The molecule has 1 aliphatic heterocycles. The number of amides is 1. The van der Waals surface area contributed by atoms with Crippen LogP contribution in [0.5, 0.6) is 11.5 Å². The number of hydrogen-bond donors (Lipinski definition) is 1. The zero-order chi connectivity index (χ0) is 21.7. The molecule has 1 heterocycles. The predicted molar refractivity (Wildman–Crippen MR) is 115 cm³/mol. The molecule has 0 saturated carbocycles. The minimum absolute atomic E-state index is 0.105. The van der Waals surface area contributed by atoms with Crippen molar-refractivity contribution in [3.05, 3.63) is 52.6 Å². The minimum atomic E-state index is -0.503. The van der Waals surface area contributed by atoms with E-state index in [1.807, 2.05) is 31.2 Å². The Hall–Kier alpha value is -3.33. The van der Waals surface area contributed by atoms with E-state index in [0.29, 0.717) is 11.4 Å². The largest absolute Gasteiger partial charge is 0.497 e. The fourth-order valence-corrected chi connectivity index (χ4v) is 3.47. The predicted octanol–water partition coefficient (Wildman–Crippen LogP) is 2.76. The highest BCUT2D eigenvalue weighted by Gasteiger charge is 2.26. The molecule has 1 atom stereocenters. The smallest absolute Gasteiger partial charge is 0.271 e. The lowest BCUT2D eigenvalue weighted by Gasteiger charge is -2.38. The molecule has 0 aromatic heterocycles. The van der Waals surface area contributed by atoms with Crippen LogP contribution in [-0.4, -0.2) is 62.2 Å². The van der Waals surface area contributed by atoms with Gasteiger partial charge < -0.3 is 19.7 Å². The molecule has 1 amide bonds. The van der Waals surface area contributed by atoms with Crippen molar-refractivity contribution in [2.75, 3.05) is 50.6 Å². The summed E-state index contributed by atoms with van der Waals surface area (Å²) in [4.78, 5) is 27.7. The highest BCUT2D eigenvalue weighted by Crippen LogP contribution is 2.29. The van der Waals surface area contributed by atoms with Gasteiger partial charge in [-0.1, -0.05) is 0 Å². The number of piperazine rings is 1. The first-order chi connectivity index (χ1) is 14.4. The van der Waals surface area contributed by atoms with Gasteiger partial charge in [-0.2, -0.15) is 0 Å². The van der Waals surface area contributed by atoms with E-state index >= 15 is 0 Å². The van der Waals surface area contributed by atoms with Gasteiger partial charge in [0, 0.05) is 44.0 Å². The summed E-state index contributed by atoms with van der Waals surface area (Å²) in [5.74, 6) is 0.969. The molecular weight excluding hydrogens is 388 g/mol. The zero-order valence-corrected chi connectivity index (χ0v) is 17.3. The number of nitro benzene ring substituents is 1. The Balaban J connectivity index is 1.60. The van der Waals surface area contributed by atoms with Crippen molar-refractivity contribution < 1.29 is 19.2 Å². The molecule has 30 heavy (non-hydrogen) atoms. The third-order valence-corrected chi connectivity index (χ3v) is 5.33. The standard InChI is InChI=1S/C21H26N4O5/c1-15(21(26)22-19-14-17(25(27)28)6-9-20(19)30-3)23-10-12-24(13-11-23)16-4-7-18(29-2)8-5-16/h4-9,14-15H,10-13H2,1-3H3,(H,22,26)/t15-/m0/s1. The van der Waals surface area contributed by atoms with Crippen molar-refractivity contribution in [1.82, 2.24) is 4.90 Å². The van der Waals surface area contributed by atoms with Gasteiger partial charge in [0.1, 0.15) is 11.5 Å². The molecule has 0 unspecified atom stereocenters. The monoisotopic (exact) mass is 414 g/mol. The van der Waals surface area contributed by atoms with E-state index in [4.69, 9.17) is 9.47 Å². The van der Waals surface area contributed by atoms with Crippen LogP contribution in [0, 0.1) is 10.1 Å². The van der Waals surface area contributed by atoms with Crippen LogP contribution in [0.3, 0.4) is 0 Å². The Labute approximate surface area is 175 Å². The Kier molecular flexibility index (Phi) is 6.73. The molecule has 1 N–H and O–H groups in total. The maximum atomic E-state index is 12.8. The van der Waals surface area contributed by atoms with Gasteiger partial charge in [0.2, 0.25) is 5.91 Å². The van der Waals surface area contributed by atoms with E-state index in [1.54, 1.807) is 7.11 Å². The summed E-state index contributed by atoms with van der Waals surface area (Å²) in [6.45, 7) is 4.88. The van der Waals surface area contributed by atoms with E-state index in [0.717, 1.165) is 37.6 Å². The van der Waals surface area contributed by atoms with Crippen LogP contribution < -0.4 is 19.7 Å². The van der Waals surface area contributed by atoms with Crippen molar-refractivity contribution >= 4 is 23.0 Å². The van der Waals surface area contributed by atoms with Gasteiger partial charge in [-0.25, -0.2) is 0 Å². The number of hydrogen-bond acceptors (Lipinski definition) is 7. The third kappa shape index (κ3) is 4.80. The van der Waals surface area contributed by atoms with E-state index in [-0.39, 0.29) is 17.6 Å². The van der Waals surface area contributed by atoms with Gasteiger partial charge >= 0.3 is 0 Å². The SMILES string of the molecule is COc1ccc(N2CCN([C@@H](C)C(=O)Nc3cc([N+](=O)[O-])ccc3OC)CC2)cc1. The average molecular weight is 414 g/mol. The van der Waals surface area contributed by atoms with Crippen molar-refractivity contribution in [3.63, 3.8) is 0 Å². The summed E-state index contributed by atoms with van der Waals surface area (Å²) in [6, 6.07) is 11.7. The van der Waals surface area contributed by atoms with Gasteiger partial charge in [0.25, 0.3) is 5.69 Å². The number of methoxy groups -OCH3 is 2. The van der Waals surface area contributed by atoms with Crippen molar-refractivity contribution in [2.45, 2.75) is 13.0 Å². The lowest BCUT2D eigenvalue weighted by atomic mass is 10.2. The van der Waals surface area contributed by atoms with Crippen LogP contribution in [0.4, 0.5) is 17.1 Å². The molecule has 0 spiro atoms. The van der Waals surface area contributed by atoms with Gasteiger partial charge in [-0.05, 0) is 37.3 Å². The number of carbonyl (C=O) groups excluding carboxylic acids is 1. The lowest BCUT2D eigenvalue weighted by molar-refractivity contribution is -0.384. The van der Waals surface area contributed by atoms with Crippen molar-refractivity contribution in [3.8, 4) is 11.5 Å². The second kappa shape index (κ2) is 9.45. The molecule has 1 saturated heterocycles. The minimum Gasteiger partial charge on any atom is -0.497 e. The van der Waals surface area contributed by atoms with Gasteiger partial charge in [-0.3, -0.25) is 19.8 Å². The number of nitrogens with zero attached hydrogens (tertiary/aromatic N) is 3. The first-order valence-electron chi connectivity index (χ1n) is 9.69. The molecule has 160 valence electrons. The van der Waals surface area contributed by atoms with Crippen LogP contribution in [0.25, 0.3) is 0 Å². The zero-order valence-electron chi connectivity index (χ0n) is 17.3.